The highest BCUT2D eigenvalue weighted by atomic mass is 35.5. The standard InChI is InChI=1S/C15H17ClN2O/c1-10(2)13(9-16)18-15(19)14-12-6-4-3-5-11(12)7-8-17-14/h3-8,10,13H,9H2,1-2H3,(H,18,19). The van der Waals surface area contributed by atoms with E-state index in [1.165, 1.54) is 0 Å². The molecule has 1 aromatic heterocycles. The number of amides is 1. The van der Waals surface area contributed by atoms with Gasteiger partial charge in [0.25, 0.3) is 5.91 Å². The van der Waals surface area contributed by atoms with E-state index in [4.69, 9.17) is 11.6 Å². The zero-order chi connectivity index (χ0) is 13.8. The molecule has 1 N–H and O–H groups in total. The van der Waals surface area contributed by atoms with E-state index in [-0.39, 0.29) is 17.9 Å². The second-order valence-corrected chi connectivity index (χ2v) is 5.17. The highest BCUT2D eigenvalue weighted by Crippen LogP contribution is 2.16. The molecule has 2 aromatic rings. The molecule has 0 aliphatic rings. The molecule has 2 rings (SSSR count). The fraction of sp³-hybridized carbons (Fsp3) is 0.333. The number of halogens is 1. The summed E-state index contributed by atoms with van der Waals surface area (Å²) in [6, 6.07) is 9.57. The van der Waals surface area contributed by atoms with Gasteiger partial charge in [0.2, 0.25) is 0 Å². The Morgan fingerprint density at radius 3 is 2.74 bits per heavy atom. The predicted molar refractivity (Wildman–Crippen MR) is 78.6 cm³/mol. The number of fused-ring (bicyclic) bond motifs is 1. The first-order valence-corrected chi connectivity index (χ1v) is 6.87. The van der Waals surface area contributed by atoms with Crippen molar-refractivity contribution in [3.63, 3.8) is 0 Å². The quantitative estimate of drug-likeness (QED) is 0.871. The molecule has 0 bridgehead atoms. The van der Waals surface area contributed by atoms with Gasteiger partial charge in [-0.25, -0.2) is 0 Å². The topological polar surface area (TPSA) is 42.0 Å². The number of nitrogens with one attached hydrogen (secondary N) is 1. The van der Waals surface area contributed by atoms with Gasteiger partial charge in [0.1, 0.15) is 5.69 Å². The number of benzene rings is 1. The highest BCUT2D eigenvalue weighted by molar-refractivity contribution is 6.18. The lowest BCUT2D eigenvalue weighted by molar-refractivity contribution is 0.0928. The lowest BCUT2D eigenvalue weighted by Gasteiger charge is -2.19. The lowest BCUT2D eigenvalue weighted by Crippen LogP contribution is -2.40. The number of rotatable bonds is 4. The maximum atomic E-state index is 12.3. The Hall–Kier alpha value is -1.61. The number of carbonyl (C=O) groups excluding carboxylic acids is 1. The minimum atomic E-state index is -0.170. The number of alkyl halides is 1. The molecule has 4 heteroatoms. The van der Waals surface area contributed by atoms with Crippen molar-refractivity contribution in [2.45, 2.75) is 19.9 Å². The Kier molecular flexibility index (Phi) is 4.38. The van der Waals surface area contributed by atoms with E-state index in [1.54, 1.807) is 6.20 Å². The zero-order valence-electron chi connectivity index (χ0n) is 11.1. The van der Waals surface area contributed by atoms with Gasteiger partial charge in [0.05, 0.1) is 0 Å². The summed E-state index contributed by atoms with van der Waals surface area (Å²) < 4.78 is 0. The minimum absolute atomic E-state index is 0.0464. The molecule has 0 saturated carbocycles. The van der Waals surface area contributed by atoms with Gasteiger partial charge in [-0.2, -0.15) is 0 Å². The molecule has 0 aliphatic carbocycles. The molecule has 0 fully saturated rings. The average molecular weight is 277 g/mol. The van der Waals surface area contributed by atoms with Crippen LogP contribution < -0.4 is 5.32 Å². The van der Waals surface area contributed by atoms with Crippen molar-refractivity contribution in [2.24, 2.45) is 5.92 Å². The molecule has 0 radical (unpaired) electrons. The van der Waals surface area contributed by atoms with E-state index in [0.29, 0.717) is 11.6 Å². The van der Waals surface area contributed by atoms with Crippen LogP contribution in [0.4, 0.5) is 0 Å². The predicted octanol–water partition coefficient (Wildman–Crippen LogP) is 3.23. The van der Waals surface area contributed by atoms with Crippen molar-refractivity contribution < 1.29 is 4.79 Å². The maximum Gasteiger partial charge on any atom is 0.270 e. The van der Waals surface area contributed by atoms with E-state index >= 15 is 0 Å². The van der Waals surface area contributed by atoms with Crippen molar-refractivity contribution in [3.8, 4) is 0 Å². The SMILES string of the molecule is CC(C)C(CCl)NC(=O)c1nccc2ccccc12. The van der Waals surface area contributed by atoms with Gasteiger partial charge in [0.15, 0.2) is 0 Å². The van der Waals surface area contributed by atoms with Gasteiger partial charge < -0.3 is 5.32 Å². The molecule has 1 unspecified atom stereocenters. The van der Waals surface area contributed by atoms with Crippen LogP contribution in [0.5, 0.6) is 0 Å². The van der Waals surface area contributed by atoms with Gasteiger partial charge in [-0.1, -0.05) is 38.1 Å². The summed E-state index contributed by atoms with van der Waals surface area (Å²) in [5.41, 5.74) is 0.453. The molecular weight excluding hydrogens is 260 g/mol. The summed E-state index contributed by atoms with van der Waals surface area (Å²) in [4.78, 5) is 16.5. The molecule has 0 saturated heterocycles. The van der Waals surface area contributed by atoms with E-state index in [1.807, 2.05) is 44.2 Å². The molecule has 19 heavy (non-hydrogen) atoms. The molecule has 1 amide bonds. The number of hydrogen-bond acceptors (Lipinski definition) is 2. The molecule has 3 nitrogen and oxygen atoms in total. The first-order chi connectivity index (χ1) is 9.13. The lowest BCUT2D eigenvalue weighted by atomic mass is 10.1. The summed E-state index contributed by atoms with van der Waals surface area (Å²) in [5, 5.41) is 4.81. The van der Waals surface area contributed by atoms with Crippen LogP contribution in [0.1, 0.15) is 24.3 Å². The van der Waals surface area contributed by atoms with Gasteiger partial charge in [0, 0.05) is 23.5 Å². The van der Waals surface area contributed by atoms with Crippen LogP contribution in [0.3, 0.4) is 0 Å². The van der Waals surface area contributed by atoms with Gasteiger partial charge in [-0.3, -0.25) is 9.78 Å². The summed E-state index contributed by atoms with van der Waals surface area (Å²) in [7, 11) is 0. The van der Waals surface area contributed by atoms with Gasteiger partial charge >= 0.3 is 0 Å². The largest absolute Gasteiger partial charge is 0.346 e. The summed E-state index contributed by atoms with van der Waals surface area (Å²) >= 11 is 5.88. The molecule has 1 aromatic carbocycles. The number of carbonyl (C=O) groups is 1. The maximum absolute atomic E-state index is 12.3. The van der Waals surface area contributed by atoms with Crippen LogP contribution in [0.2, 0.25) is 0 Å². The second-order valence-electron chi connectivity index (χ2n) is 4.86. The normalized spacial score (nSPS) is 12.6. The first-order valence-electron chi connectivity index (χ1n) is 6.34. The number of hydrogen-bond donors (Lipinski definition) is 1. The van der Waals surface area contributed by atoms with Gasteiger partial charge in [-0.05, 0) is 17.4 Å². The van der Waals surface area contributed by atoms with Crippen LogP contribution >= 0.6 is 11.6 Å². The van der Waals surface area contributed by atoms with Crippen LogP contribution in [-0.2, 0) is 0 Å². The number of aromatic nitrogens is 1. The minimum Gasteiger partial charge on any atom is -0.346 e. The Labute approximate surface area is 118 Å². The first kappa shape index (κ1) is 13.8. The van der Waals surface area contributed by atoms with Gasteiger partial charge in [-0.15, -0.1) is 11.6 Å². The Bertz CT molecular complexity index is 578. The molecule has 100 valence electrons. The van der Waals surface area contributed by atoms with Crippen LogP contribution in [0, 0.1) is 5.92 Å². The summed E-state index contributed by atoms with van der Waals surface area (Å²) in [6.45, 7) is 4.06. The molecular formula is C15H17ClN2O. The Morgan fingerprint density at radius 2 is 2.05 bits per heavy atom. The third-order valence-electron chi connectivity index (χ3n) is 3.18. The number of nitrogens with zero attached hydrogens (tertiary/aromatic N) is 1. The summed E-state index contributed by atoms with van der Waals surface area (Å²) in [5.74, 6) is 0.515. The van der Waals surface area contributed by atoms with Crippen molar-refractivity contribution >= 4 is 28.3 Å². The molecule has 0 spiro atoms. The van der Waals surface area contributed by atoms with E-state index in [9.17, 15) is 4.79 Å². The van der Waals surface area contributed by atoms with Crippen molar-refractivity contribution in [3.05, 3.63) is 42.2 Å². The molecule has 1 heterocycles. The van der Waals surface area contributed by atoms with E-state index in [2.05, 4.69) is 10.3 Å². The highest BCUT2D eigenvalue weighted by Gasteiger charge is 2.18. The smallest absolute Gasteiger partial charge is 0.270 e. The third-order valence-corrected chi connectivity index (χ3v) is 3.51. The van der Waals surface area contributed by atoms with Crippen LogP contribution in [0.25, 0.3) is 10.8 Å². The van der Waals surface area contributed by atoms with Crippen molar-refractivity contribution in [2.75, 3.05) is 5.88 Å². The monoisotopic (exact) mass is 276 g/mol. The Balaban J connectivity index is 2.31. The fourth-order valence-corrected chi connectivity index (χ4v) is 2.35. The van der Waals surface area contributed by atoms with Crippen molar-refractivity contribution in [1.82, 2.24) is 10.3 Å². The average Bonchev–Trinajstić information content (AvgIpc) is 2.43. The van der Waals surface area contributed by atoms with Crippen LogP contribution in [0.15, 0.2) is 36.5 Å². The third kappa shape index (κ3) is 3.04. The summed E-state index contributed by atoms with van der Waals surface area (Å²) in [6.07, 6.45) is 1.66. The van der Waals surface area contributed by atoms with Crippen molar-refractivity contribution in [1.29, 1.82) is 0 Å². The second kappa shape index (κ2) is 6.02. The zero-order valence-corrected chi connectivity index (χ0v) is 11.8. The van der Waals surface area contributed by atoms with E-state index < -0.39 is 0 Å². The van der Waals surface area contributed by atoms with Crippen LogP contribution in [-0.4, -0.2) is 22.8 Å². The number of pyridine rings is 1. The fourth-order valence-electron chi connectivity index (χ4n) is 1.92. The Morgan fingerprint density at radius 1 is 1.32 bits per heavy atom. The van der Waals surface area contributed by atoms with E-state index in [0.717, 1.165) is 10.8 Å². The molecule has 0 aliphatic heterocycles. The molecule has 1 atom stereocenters.